The van der Waals surface area contributed by atoms with Gasteiger partial charge in [0.25, 0.3) is 0 Å². The molecule has 2 aromatic carbocycles. The van der Waals surface area contributed by atoms with Gasteiger partial charge in [-0.2, -0.15) is 0 Å². The van der Waals surface area contributed by atoms with Crippen LogP contribution in [0.25, 0.3) is 0 Å². The van der Waals surface area contributed by atoms with Gasteiger partial charge >= 0.3 is 6.09 Å². The van der Waals surface area contributed by atoms with E-state index in [-0.39, 0.29) is 41.4 Å². The van der Waals surface area contributed by atoms with Crippen LogP contribution in [0.15, 0.2) is 48.5 Å². The minimum Gasteiger partial charge on any atom is -0.508 e. The van der Waals surface area contributed by atoms with Gasteiger partial charge in [0.05, 0.1) is 0 Å². The fourth-order valence-electron chi connectivity index (χ4n) is 4.85. The van der Waals surface area contributed by atoms with E-state index in [1.54, 1.807) is 33.9 Å². The molecule has 0 saturated heterocycles. The lowest BCUT2D eigenvalue weighted by Gasteiger charge is -2.34. The zero-order chi connectivity index (χ0) is 31.1. The van der Waals surface area contributed by atoms with Crippen molar-refractivity contribution in [2.45, 2.75) is 104 Å². The molecule has 3 atom stereocenters. The minimum absolute atomic E-state index is 0.184. The molecule has 3 N–H and O–H groups in total. The maximum Gasteiger partial charge on any atom is 0.408 e. The van der Waals surface area contributed by atoms with E-state index in [9.17, 15) is 19.5 Å². The molecule has 8 heteroatoms. The molecule has 2 aromatic rings. The second-order valence-corrected chi connectivity index (χ2v) is 13.2. The van der Waals surface area contributed by atoms with Crippen LogP contribution in [0.1, 0.15) is 79.0 Å². The Hall–Kier alpha value is -3.55. The van der Waals surface area contributed by atoms with Gasteiger partial charge in [0, 0.05) is 19.5 Å². The highest BCUT2D eigenvalue weighted by Crippen LogP contribution is 2.31. The number of rotatable bonds is 10. The predicted molar refractivity (Wildman–Crippen MR) is 163 cm³/mol. The normalized spacial score (nSPS) is 14.1. The largest absolute Gasteiger partial charge is 0.508 e. The number of hydrogen-bond donors (Lipinski definition) is 3. The average Bonchev–Trinajstić information content (AvgIpc) is 2.82. The molecule has 0 aliphatic rings. The van der Waals surface area contributed by atoms with Crippen molar-refractivity contribution in [2.24, 2.45) is 5.92 Å². The van der Waals surface area contributed by atoms with Gasteiger partial charge in [-0.15, -0.1) is 0 Å². The minimum atomic E-state index is -0.920. The molecule has 0 heterocycles. The number of ether oxygens (including phenoxy) is 1. The van der Waals surface area contributed by atoms with Crippen LogP contribution in [0.2, 0.25) is 0 Å². The molecule has 0 aliphatic carbocycles. The highest BCUT2D eigenvalue weighted by molar-refractivity contribution is 5.91. The van der Waals surface area contributed by atoms with Gasteiger partial charge in [0.1, 0.15) is 23.4 Å². The molecule has 8 nitrogen and oxygen atoms in total. The van der Waals surface area contributed by atoms with Crippen LogP contribution in [-0.2, 0) is 32.6 Å². The molecule has 2 rings (SSSR count). The van der Waals surface area contributed by atoms with Crippen molar-refractivity contribution in [3.8, 4) is 5.75 Å². The summed E-state index contributed by atoms with van der Waals surface area (Å²) in [4.78, 5) is 41.4. The summed E-state index contributed by atoms with van der Waals surface area (Å²) in [6, 6.07) is 13.0. The molecule has 0 fully saturated rings. The highest BCUT2D eigenvalue weighted by Gasteiger charge is 2.35. The zero-order valence-corrected chi connectivity index (χ0v) is 26.4. The third-order valence-electron chi connectivity index (χ3n) is 6.74. The third kappa shape index (κ3) is 10.4. The van der Waals surface area contributed by atoms with E-state index in [1.807, 2.05) is 84.0 Å². The number of alkyl carbamates (subject to hydrolysis) is 1. The van der Waals surface area contributed by atoms with Crippen molar-refractivity contribution < 1.29 is 24.2 Å². The van der Waals surface area contributed by atoms with E-state index in [0.717, 1.165) is 16.7 Å². The molecule has 0 saturated carbocycles. The zero-order valence-electron chi connectivity index (χ0n) is 26.4. The lowest BCUT2D eigenvalue weighted by Crippen LogP contribution is -2.57. The van der Waals surface area contributed by atoms with E-state index in [0.29, 0.717) is 6.42 Å². The Labute approximate surface area is 245 Å². The van der Waals surface area contributed by atoms with Crippen molar-refractivity contribution in [2.75, 3.05) is 7.05 Å². The Morgan fingerprint density at radius 2 is 1.49 bits per heavy atom. The van der Waals surface area contributed by atoms with Gasteiger partial charge in [-0.05, 0) is 68.2 Å². The number of nitrogens with zero attached hydrogens (tertiary/aromatic N) is 1. The summed E-state index contributed by atoms with van der Waals surface area (Å²) in [6.07, 6.45) is 0.125. The molecule has 226 valence electrons. The Balaban J connectivity index is 2.21. The fourth-order valence-corrected chi connectivity index (χ4v) is 4.85. The fraction of sp³-hybridized carbons (Fsp3) is 0.545. The lowest BCUT2D eigenvalue weighted by atomic mass is 9.85. The van der Waals surface area contributed by atoms with Crippen LogP contribution < -0.4 is 10.6 Å². The molecule has 0 aliphatic heterocycles. The smallest absolute Gasteiger partial charge is 0.408 e. The number of benzene rings is 2. The quantitative estimate of drug-likeness (QED) is 0.358. The first kappa shape index (κ1) is 33.7. The molecular formula is C33H49N3O5. The summed E-state index contributed by atoms with van der Waals surface area (Å²) in [5.41, 5.74) is 1.77. The molecule has 0 bridgehead atoms. The van der Waals surface area contributed by atoms with Gasteiger partial charge in [-0.3, -0.25) is 9.59 Å². The van der Waals surface area contributed by atoms with Crippen molar-refractivity contribution >= 4 is 17.9 Å². The predicted octanol–water partition coefficient (Wildman–Crippen LogP) is 5.36. The first-order valence-corrected chi connectivity index (χ1v) is 14.3. The Kier molecular flexibility index (Phi) is 11.4. The van der Waals surface area contributed by atoms with Crippen LogP contribution in [0.5, 0.6) is 5.75 Å². The van der Waals surface area contributed by atoms with Gasteiger partial charge in [0.15, 0.2) is 0 Å². The van der Waals surface area contributed by atoms with E-state index in [4.69, 9.17) is 4.74 Å². The number of carbonyl (C=O) groups is 3. The molecule has 0 spiro atoms. The molecule has 41 heavy (non-hydrogen) atoms. The van der Waals surface area contributed by atoms with E-state index in [1.165, 1.54) is 4.90 Å². The van der Waals surface area contributed by atoms with Crippen molar-refractivity contribution in [1.82, 2.24) is 15.5 Å². The van der Waals surface area contributed by atoms with E-state index >= 15 is 0 Å². The first-order valence-electron chi connectivity index (χ1n) is 14.3. The third-order valence-corrected chi connectivity index (χ3v) is 6.74. The van der Waals surface area contributed by atoms with E-state index in [2.05, 4.69) is 10.6 Å². The molecule has 2 unspecified atom stereocenters. The number of likely N-dealkylation sites (N-methyl/N-ethyl adjacent to an activating group) is 1. The van der Waals surface area contributed by atoms with Crippen molar-refractivity contribution in [3.63, 3.8) is 0 Å². The first-order chi connectivity index (χ1) is 18.9. The van der Waals surface area contributed by atoms with E-state index < -0.39 is 23.8 Å². The van der Waals surface area contributed by atoms with Crippen LogP contribution in [0, 0.1) is 5.92 Å². The summed E-state index contributed by atoms with van der Waals surface area (Å²) in [7, 11) is 1.60. The molecule has 3 amide bonds. The standard InChI is InChI=1S/C33H49N3O5/c1-21(2)28(29(38)34-22(3)18-24-16-17-27(37)25(19-24)32(4,5)6)36(10)30(39)26(20-23-14-12-11-13-15-23)35-31(40)41-33(7,8)9/h11-17,19,21-22,26,28,37H,18,20H2,1-10H3,(H,34,38)(H,35,40)/t22?,26-,28?/m0/s1. The summed E-state index contributed by atoms with van der Waals surface area (Å²) in [6.45, 7) is 17.1. The molecule has 0 radical (unpaired) electrons. The van der Waals surface area contributed by atoms with Crippen molar-refractivity contribution in [3.05, 3.63) is 65.2 Å². The summed E-state index contributed by atoms with van der Waals surface area (Å²) in [5.74, 6) is -0.581. The van der Waals surface area contributed by atoms with Crippen LogP contribution in [-0.4, -0.2) is 58.7 Å². The Morgan fingerprint density at radius 3 is 2.02 bits per heavy atom. The Bertz CT molecular complexity index is 1180. The van der Waals surface area contributed by atoms with Crippen LogP contribution >= 0.6 is 0 Å². The highest BCUT2D eigenvalue weighted by atomic mass is 16.6. The monoisotopic (exact) mass is 567 g/mol. The molecular weight excluding hydrogens is 518 g/mol. The number of carbonyl (C=O) groups excluding carboxylic acids is 3. The van der Waals surface area contributed by atoms with Gasteiger partial charge in [-0.1, -0.05) is 77.1 Å². The van der Waals surface area contributed by atoms with Gasteiger partial charge < -0.3 is 25.4 Å². The van der Waals surface area contributed by atoms with Crippen LogP contribution in [0.4, 0.5) is 4.79 Å². The summed E-state index contributed by atoms with van der Waals surface area (Å²) in [5, 5.41) is 16.1. The van der Waals surface area contributed by atoms with Gasteiger partial charge in [-0.25, -0.2) is 4.79 Å². The average molecular weight is 568 g/mol. The number of aromatic hydroxyl groups is 1. The van der Waals surface area contributed by atoms with Gasteiger partial charge in [0.2, 0.25) is 11.8 Å². The lowest BCUT2D eigenvalue weighted by molar-refractivity contribution is -0.142. The van der Waals surface area contributed by atoms with Crippen LogP contribution in [0.3, 0.4) is 0 Å². The summed E-state index contributed by atoms with van der Waals surface area (Å²) >= 11 is 0. The maximum absolute atomic E-state index is 13.8. The number of phenols is 1. The second-order valence-electron chi connectivity index (χ2n) is 13.2. The Morgan fingerprint density at radius 1 is 0.878 bits per heavy atom. The number of nitrogens with one attached hydrogen (secondary N) is 2. The van der Waals surface area contributed by atoms with Crippen molar-refractivity contribution in [1.29, 1.82) is 0 Å². The topological polar surface area (TPSA) is 108 Å². The number of amides is 3. The second kappa shape index (κ2) is 13.9. The SMILES string of the molecule is CC(Cc1ccc(O)c(C(C)(C)C)c1)NC(=O)C(C(C)C)N(C)C(=O)[C@H](Cc1ccccc1)NC(=O)OC(C)(C)C. The molecule has 0 aromatic heterocycles. The maximum atomic E-state index is 13.8. The summed E-state index contributed by atoms with van der Waals surface area (Å²) < 4.78 is 5.42. The number of hydrogen-bond acceptors (Lipinski definition) is 5. The number of phenolic OH excluding ortho intramolecular Hbond substituents is 1.